The molecule has 1 atom stereocenters. The van der Waals surface area contributed by atoms with E-state index in [0.717, 1.165) is 31.9 Å². The van der Waals surface area contributed by atoms with Crippen LogP contribution >= 0.6 is 0 Å². The summed E-state index contributed by atoms with van der Waals surface area (Å²) in [6.45, 7) is 4.45. The molecule has 7 heteroatoms. The molecular formula is C18H26N6O. The number of pyridine rings is 1. The van der Waals surface area contributed by atoms with Crippen molar-refractivity contribution in [3.8, 4) is 0 Å². The number of aromatic nitrogens is 3. The molecule has 1 aliphatic heterocycles. The Balaban J connectivity index is 1.69. The summed E-state index contributed by atoms with van der Waals surface area (Å²) in [5.41, 5.74) is 2.35. The van der Waals surface area contributed by atoms with Gasteiger partial charge in [-0.25, -0.2) is 0 Å². The minimum Gasteiger partial charge on any atom is -0.354 e. The van der Waals surface area contributed by atoms with Crippen LogP contribution in [0.3, 0.4) is 0 Å². The molecule has 2 aromatic rings. The van der Waals surface area contributed by atoms with Crippen LogP contribution in [-0.4, -0.2) is 64.2 Å². The highest BCUT2D eigenvalue weighted by Gasteiger charge is 2.27. The highest BCUT2D eigenvalue weighted by Crippen LogP contribution is 2.18. The molecule has 1 aliphatic rings. The van der Waals surface area contributed by atoms with Crippen LogP contribution in [0.2, 0.25) is 0 Å². The van der Waals surface area contributed by atoms with Gasteiger partial charge in [0.15, 0.2) is 0 Å². The van der Waals surface area contributed by atoms with Gasteiger partial charge in [0.25, 0.3) is 0 Å². The minimum absolute atomic E-state index is 0.102. The molecule has 1 amide bonds. The van der Waals surface area contributed by atoms with Crippen molar-refractivity contribution in [2.45, 2.75) is 19.6 Å². The third kappa shape index (κ3) is 4.87. The van der Waals surface area contributed by atoms with E-state index in [1.165, 1.54) is 5.56 Å². The summed E-state index contributed by atoms with van der Waals surface area (Å²) in [6.07, 6.45) is 5.43. The third-order valence-corrected chi connectivity index (χ3v) is 4.45. The lowest BCUT2D eigenvalue weighted by Crippen LogP contribution is -2.41. The number of rotatable bonds is 6. The number of nitrogens with zero attached hydrogens (tertiary/aromatic N) is 5. The van der Waals surface area contributed by atoms with Gasteiger partial charge < -0.3 is 10.2 Å². The van der Waals surface area contributed by atoms with Crippen LogP contribution in [0, 0.1) is 5.92 Å². The molecule has 3 rings (SSSR count). The first-order valence-corrected chi connectivity index (χ1v) is 8.66. The Morgan fingerprint density at radius 1 is 1.24 bits per heavy atom. The van der Waals surface area contributed by atoms with E-state index in [2.05, 4.69) is 25.2 Å². The Labute approximate surface area is 148 Å². The van der Waals surface area contributed by atoms with E-state index >= 15 is 0 Å². The average Bonchev–Trinajstić information content (AvgIpc) is 2.94. The zero-order valence-electron chi connectivity index (χ0n) is 14.9. The predicted molar refractivity (Wildman–Crippen MR) is 95.6 cm³/mol. The molecule has 25 heavy (non-hydrogen) atoms. The summed E-state index contributed by atoms with van der Waals surface area (Å²) in [7, 11) is 4.01. The van der Waals surface area contributed by atoms with Crippen LogP contribution in [0.25, 0.3) is 0 Å². The summed E-state index contributed by atoms with van der Waals surface area (Å²) in [4.78, 5) is 21.1. The Hall–Kier alpha value is -2.25. The molecule has 0 saturated carbocycles. The highest BCUT2D eigenvalue weighted by atomic mass is 16.1. The molecule has 2 aromatic heterocycles. The fourth-order valence-corrected chi connectivity index (χ4v) is 3.11. The maximum atomic E-state index is 12.7. The zero-order valence-corrected chi connectivity index (χ0v) is 14.9. The molecule has 0 aromatic carbocycles. The molecule has 0 fully saturated rings. The summed E-state index contributed by atoms with van der Waals surface area (Å²) < 4.78 is 1.96. The first kappa shape index (κ1) is 17.6. The van der Waals surface area contributed by atoms with Crippen LogP contribution in [0.4, 0.5) is 0 Å². The van der Waals surface area contributed by atoms with Crippen LogP contribution < -0.4 is 5.32 Å². The molecule has 0 unspecified atom stereocenters. The van der Waals surface area contributed by atoms with Crippen molar-refractivity contribution in [1.29, 1.82) is 0 Å². The number of hydrogen-bond donors (Lipinski definition) is 1. The van der Waals surface area contributed by atoms with Crippen molar-refractivity contribution in [2.75, 3.05) is 33.7 Å². The maximum absolute atomic E-state index is 12.7. The highest BCUT2D eigenvalue weighted by molar-refractivity contribution is 5.78. The molecule has 3 heterocycles. The molecule has 0 radical (unpaired) electrons. The van der Waals surface area contributed by atoms with E-state index < -0.39 is 0 Å². The summed E-state index contributed by atoms with van der Waals surface area (Å²) in [6, 6.07) is 6.08. The van der Waals surface area contributed by atoms with Gasteiger partial charge in [0.1, 0.15) is 0 Å². The van der Waals surface area contributed by atoms with Crippen molar-refractivity contribution in [3.05, 3.63) is 48.0 Å². The Morgan fingerprint density at radius 3 is 2.80 bits per heavy atom. The van der Waals surface area contributed by atoms with Crippen molar-refractivity contribution in [2.24, 2.45) is 5.92 Å². The number of amides is 1. The molecule has 7 nitrogen and oxygen atoms in total. The van der Waals surface area contributed by atoms with E-state index in [0.29, 0.717) is 13.1 Å². The van der Waals surface area contributed by atoms with Gasteiger partial charge in [-0.05, 0) is 37.9 Å². The van der Waals surface area contributed by atoms with Crippen molar-refractivity contribution in [3.63, 3.8) is 0 Å². The molecule has 1 N–H and O–H groups in total. The standard InChI is InChI=1S/C18H26N6O/c1-22(2)10-9-20-18(25)16-12-23(11-15-3-6-19-7-4-15)14-17-5-8-21-24(17)13-16/h3-8,16H,9-14H2,1-2H3,(H,20,25)/t16-/m0/s1. The first-order valence-electron chi connectivity index (χ1n) is 8.66. The number of hydrogen-bond acceptors (Lipinski definition) is 5. The maximum Gasteiger partial charge on any atom is 0.226 e. The van der Waals surface area contributed by atoms with E-state index in [4.69, 9.17) is 0 Å². The van der Waals surface area contributed by atoms with Gasteiger partial charge in [-0.2, -0.15) is 5.10 Å². The number of carbonyl (C=O) groups excluding carboxylic acids is 1. The molecule has 0 bridgehead atoms. The van der Waals surface area contributed by atoms with Crippen LogP contribution in [0.15, 0.2) is 36.8 Å². The molecule has 134 valence electrons. The van der Waals surface area contributed by atoms with Crippen molar-refractivity contribution >= 4 is 5.91 Å². The second-order valence-corrected chi connectivity index (χ2v) is 6.82. The lowest BCUT2D eigenvalue weighted by molar-refractivity contribution is -0.126. The third-order valence-electron chi connectivity index (χ3n) is 4.45. The molecule has 0 spiro atoms. The Morgan fingerprint density at radius 2 is 2.04 bits per heavy atom. The Kier molecular flexibility index (Phi) is 5.78. The molecular weight excluding hydrogens is 316 g/mol. The van der Waals surface area contributed by atoms with Crippen LogP contribution in [-0.2, 0) is 24.4 Å². The number of nitrogens with one attached hydrogen (secondary N) is 1. The largest absolute Gasteiger partial charge is 0.354 e. The monoisotopic (exact) mass is 342 g/mol. The number of likely N-dealkylation sites (N-methyl/N-ethyl adjacent to an activating group) is 1. The second kappa shape index (κ2) is 8.22. The summed E-state index contributed by atoms with van der Waals surface area (Å²) >= 11 is 0. The quantitative estimate of drug-likeness (QED) is 0.832. The van der Waals surface area contributed by atoms with Crippen molar-refractivity contribution < 1.29 is 4.79 Å². The van der Waals surface area contributed by atoms with Crippen LogP contribution in [0.1, 0.15) is 11.3 Å². The van der Waals surface area contributed by atoms with Crippen LogP contribution in [0.5, 0.6) is 0 Å². The van der Waals surface area contributed by atoms with Gasteiger partial charge in [0.2, 0.25) is 5.91 Å². The molecule has 0 aliphatic carbocycles. The fourth-order valence-electron chi connectivity index (χ4n) is 3.11. The normalized spacial score (nSPS) is 18.0. The van der Waals surface area contributed by atoms with Gasteiger partial charge in [-0.3, -0.25) is 19.4 Å². The minimum atomic E-state index is -0.106. The number of carbonyl (C=O) groups is 1. The van der Waals surface area contributed by atoms with Gasteiger partial charge in [0, 0.05) is 51.3 Å². The topological polar surface area (TPSA) is 66.3 Å². The molecule has 0 saturated heterocycles. The van der Waals surface area contributed by atoms with E-state index in [9.17, 15) is 4.79 Å². The lowest BCUT2D eigenvalue weighted by Gasteiger charge is -2.23. The SMILES string of the molecule is CN(C)CCNC(=O)[C@H]1CN(Cc2ccncc2)Cc2ccnn2C1. The van der Waals surface area contributed by atoms with Gasteiger partial charge >= 0.3 is 0 Å². The van der Waals surface area contributed by atoms with E-state index in [1.54, 1.807) is 0 Å². The van der Waals surface area contributed by atoms with Gasteiger partial charge in [-0.15, -0.1) is 0 Å². The average molecular weight is 342 g/mol. The van der Waals surface area contributed by atoms with Crippen molar-refractivity contribution in [1.82, 2.24) is 29.9 Å². The van der Waals surface area contributed by atoms with Gasteiger partial charge in [0.05, 0.1) is 18.2 Å². The lowest BCUT2D eigenvalue weighted by atomic mass is 10.1. The number of fused-ring (bicyclic) bond motifs is 1. The van der Waals surface area contributed by atoms with E-state index in [-0.39, 0.29) is 11.8 Å². The van der Waals surface area contributed by atoms with E-state index in [1.807, 2.05) is 55.6 Å². The Bertz CT molecular complexity index is 684. The smallest absolute Gasteiger partial charge is 0.226 e. The zero-order chi connectivity index (χ0) is 17.6. The summed E-state index contributed by atoms with van der Waals surface area (Å²) in [5, 5.41) is 7.45. The second-order valence-electron chi connectivity index (χ2n) is 6.82. The van der Waals surface area contributed by atoms with Gasteiger partial charge in [-0.1, -0.05) is 0 Å². The fraction of sp³-hybridized carbons (Fsp3) is 0.500. The predicted octanol–water partition coefficient (Wildman–Crippen LogP) is 0.588. The first-order chi connectivity index (χ1) is 12.1. The summed E-state index contributed by atoms with van der Waals surface area (Å²) in [5.74, 6) is -0.00456.